The van der Waals surface area contributed by atoms with E-state index in [1.165, 1.54) is 0 Å². The number of rotatable bonds is 4. The number of amides is 1. The zero-order valence-corrected chi connectivity index (χ0v) is 11.3. The van der Waals surface area contributed by atoms with Crippen LogP contribution in [0.1, 0.15) is 48.5 Å². The van der Waals surface area contributed by atoms with E-state index in [0.717, 1.165) is 5.56 Å². The highest BCUT2D eigenvalue weighted by Crippen LogP contribution is 2.28. The topological polar surface area (TPSA) is 63.2 Å². The second kappa shape index (κ2) is 4.72. The molecule has 0 heterocycles. The van der Waals surface area contributed by atoms with Crippen LogP contribution < -0.4 is 4.72 Å². The van der Waals surface area contributed by atoms with Crippen LogP contribution in [-0.2, 0) is 10.0 Å². The van der Waals surface area contributed by atoms with Gasteiger partial charge in [0.15, 0.2) is 0 Å². The lowest BCUT2D eigenvalue weighted by Gasteiger charge is -2.12. The predicted molar refractivity (Wildman–Crippen MR) is 69.9 cm³/mol. The van der Waals surface area contributed by atoms with Crippen LogP contribution in [-0.4, -0.2) is 19.6 Å². The first kappa shape index (κ1) is 13.1. The van der Waals surface area contributed by atoms with E-state index < -0.39 is 15.9 Å². The Balaban J connectivity index is 2.24. The molecule has 0 bridgehead atoms. The van der Waals surface area contributed by atoms with Crippen LogP contribution in [0.25, 0.3) is 0 Å². The highest BCUT2D eigenvalue weighted by Gasteiger charge is 2.37. The molecule has 2 rings (SSSR count). The van der Waals surface area contributed by atoms with E-state index in [0.29, 0.717) is 18.4 Å². The average molecular weight is 267 g/mol. The van der Waals surface area contributed by atoms with Crippen molar-refractivity contribution in [1.29, 1.82) is 0 Å². The lowest BCUT2D eigenvalue weighted by Crippen LogP contribution is -2.33. The molecule has 0 aliphatic heterocycles. The number of hydrogen-bond donors (Lipinski definition) is 1. The molecular formula is C13H17NO3S. The summed E-state index contributed by atoms with van der Waals surface area (Å²) in [6.07, 6.45) is 1.29. The zero-order valence-electron chi connectivity index (χ0n) is 10.5. The Labute approximate surface area is 107 Å². The summed E-state index contributed by atoms with van der Waals surface area (Å²) in [5.74, 6) is -0.346. The quantitative estimate of drug-likeness (QED) is 0.908. The van der Waals surface area contributed by atoms with E-state index in [-0.39, 0.29) is 11.2 Å². The van der Waals surface area contributed by atoms with Crippen molar-refractivity contribution >= 4 is 15.9 Å². The number of nitrogens with one attached hydrogen (secondary N) is 1. The normalized spacial score (nSPS) is 15.7. The summed E-state index contributed by atoms with van der Waals surface area (Å²) >= 11 is 0. The van der Waals surface area contributed by atoms with E-state index in [2.05, 4.69) is 4.72 Å². The highest BCUT2D eigenvalue weighted by atomic mass is 32.2. The molecule has 0 atom stereocenters. The van der Waals surface area contributed by atoms with Crippen LogP contribution in [0.5, 0.6) is 0 Å². The van der Waals surface area contributed by atoms with Crippen LogP contribution in [0.15, 0.2) is 24.3 Å². The van der Waals surface area contributed by atoms with Gasteiger partial charge in [-0.2, -0.15) is 0 Å². The molecule has 4 nitrogen and oxygen atoms in total. The van der Waals surface area contributed by atoms with Crippen molar-refractivity contribution < 1.29 is 13.2 Å². The molecule has 1 N–H and O–H groups in total. The van der Waals surface area contributed by atoms with Crippen LogP contribution in [0.2, 0.25) is 0 Å². The summed E-state index contributed by atoms with van der Waals surface area (Å²) < 4.78 is 25.6. The molecule has 0 aromatic heterocycles. The number of sulfonamides is 1. The molecule has 18 heavy (non-hydrogen) atoms. The zero-order chi connectivity index (χ0) is 13.3. The lowest BCUT2D eigenvalue weighted by atomic mass is 9.97. The van der Waals surface area contributed by atoms with Gasteiger partial charge in [-0.25, -0.2) is 13.1 Å². The third kappa shape index (κ3) is 2.72. The molecule has 1 fully saturated rings. The molecule has 0 radical (unpaired) electrons. The number of benzene rings is 1. The van der Waals surface area contributed by atoms with Gasteiger partial charge in [0.1, 0.15) is 0 Å². The Morgan fingerprint density at radius 2 is 1.89 bits per heavy atom. The Bertz CT molecular complexity index is 559. The van der Waals surface area contributed by atoms with Crippen LogP contribution in [0, 0.1) is 0 Å². The van der Waals surface area contributed by atoms with Gasteiger partial charge in [0.25, 0.3) is 5.91 Å². The van der Waals surface area contributed by atoms with Crippen molar-refractivity contribution in [3.05, 3.63) is 35.4 Å². The maximum atomic E-state index is 12.0. The van der Waals surface area contributed by atoms with Gasteiger partial charge in [0.05, 0.1) is 5.25 Å². The smallest absolute Gasteiger partial charge is 0.265 e. The summed E-state index contributed by atoms with van der Waals surface area (Å²) in [6.45, 7) is 3.95. The lowest BCUT2D eigenvalue weighted by molar-refractivity contribution is 0.0980. The molecular weight excluding hydrogens is 250 g/mol. The van der Waals surface area contributed by atoms with E-state index in [1.54, 1.807) is 12.1 Å². The van der Waals surface area contributed by atoms with Crippen molar-refractivity contribution in [2.45, 2.75) is 37.9 Å². The Morgan fingerprint density at radius 1 is 1.28 bits per heavy atom. The SMILES string of the molecule is CC(C)c1ccccc1C(=O)NS(=O)(=O)C1CC1. The van der Waals surface area contributed by atoms with Crippen molar-refractivity contribution in [3.8, 4) is 0 Å². The third-order valence-corrected chi connectivity index (χ3v) is 4.84. The van der Waals surface area contributed by atoms with Gasteiger partial charge >= 0.3 is 0 Å². The number of hydrogen-bond acceptors (Lipinski definition) is 3. The summed E-state index contributed by atoms with van der Waals surface area (Å²) in [6, 6.07) is 7.10. The molecule has 0 saturated heterocycles. The molecule has 0 spiro atoms. The predicted octanol–water partition coefficient (Wildman–Crippen LogP) is 2.03. The van der Waals surface area contributed by atoms with Crippen LogP contribution in [0.3, 0.4) is 0 Å². The van der Waals surface area contributed by atoms with Gasteiger partial charge < -0.3 is 0 Å². The molecule has 0 unspecified atom stereocenters. The fourth-order valence-corrected chi connectivity index (χ4v) is 3.14. The highest BCUT2D eigenvalue weighted by molar-refractivity contribution is 7.91. The second-order valence-corrected chi connectivity index (χ2v) is 6.88. The van der Waals surface area contributed by atoms with Crippen LogP contribution >= 0.6 is 0 Å². The van der Waals surface area contributed by atoms with Crippen molar-refractivity contribution in [1.82, 2.24) is 4.72 Å². The van der Waals surface area contributed by atoms with Gasteiger partial charge in [-0.1, -0.05) is 32.0 Å². The molecule has 5 heteroatoms. The van der Waals surface area contributed by atoms with Gasteiger partial charge in [0.2, 0.25) is 10.0 Å². The van der Waals surface area contributed by atoms with E-state index in [9.17, 15) is 13.2 Å². The van der Waals surface area contributed by atoms with Crippen LogP contribution in [0.4, 0.5) is 0 Å². The van der Waals surface area contributed by atoms with Crippen molar-refractivity contribution in [3.63, 3.8) is 0 Å². The molecule has 98 valence electrons. The average Bonchev–Trinajstić information content (AvgIpc) is 3.12. The standard InChI is InChI=1S/C13H17NO3S/c1-9(2)11-5-3-4-6-12(11)13(15)14-18(16,17)10-7-8-10/h3-6,9-10H,7-8H2,1-2H3,(H,14,15). The molecule has 1 aliphatic carbocycles. The monoisotopic (exact) mass is 267 g/mol. The Kier molecular flexibility index (Phi) is 3.43. The Morgan fingerprint density at radius 3 is 2.44 bits per heavy atom. The van der Waals surface area contributed by atoms with Gasteiger partial charge in [0, 0.05) is 5.56 Å². The number of carbonyl (C=O) groups excluding carboxylic acids is 1. The van der Waals surface area contributed by atoms with Gasteiger partial charge in [-0.3, -0.25) is 4.79 Å². The van der Waals surface area contributed by atoms with Crippen molar-refractivity contribution in [2.24, 2.45) is 0 Å². The third-order valence-electron chi connectivity index (χ3n) is 3.03. The minimum Gasteiger partial charge on any atom is -0.268 e. The summed E-state index contributed by atoms with van der Waals surface area (Å²) in [7, 11) is -3.48. The maximum Gasteiger partial charge on any atom is 0.265 e. The van der Waals surface area contributed by atoms with Gasteiger partial charge in [-0.15, -0.1) is 0 Å². The van der Waals surface area contributed by atoms with E-state index >= 15 is 0 Å². The fraction of sp³-hybridized carbons (Fsp3) is 0.462. The molecule has 1 aliphatic rings. The fourth-order valence-electron chi connectivity index (χ4n) is 1.85. The van der Waals surface area contributed by atoms with E-state index in [1.807, 2.05) is 26.0 Å². The summed E-state index contributed by atoms with van der Waals surface area (Å²) in [4.78, 5) is 12.0. The maximum absolute atomic E-state index is 12.0. The minimum atomic E-state index is -3.48. The molecule has 1 saturated carbocycles. The molecule has 1 aromatic rings. The first-order valence-corrected chi connectivity index (χ1v) is 7.61. The second-order valence-electron chi connectivity index (χ2n) is 4.92. The first-order chi connectivity index (χ1) is 8.42. The minimum absolute atomic E-state index is 0.176. The summed E-state index contributed by atoms with van der Waals surface area (Å²) in [5, 5.41) is -0.382. The number of carbonyl (C=O) groups is 1. The molecule has 1 aromatic carbocycles. The van der Waals surface area contributed by atoms with Gasteiger partial charge in [-0.05, 0) is 30.4 Å². The van der Waals surface area contributed by atoms with E-state index in [4.69, 9.17) is 0 Å². The largest absolute Gasteiger partial charge is 0.268 e. The Hall–Kier alpha value is -1.36. The first-order valence-electron chi connectivity index (χ1n) is 6.06. The molecule has 1 amide bonds. The van der Waals surface area contributed by atoms with Crippen molar-refractivity contribution in [2.75, 3.05) is 0 Å². The summed E-state index contributed by atoms with van der Waals surface area (Å²) in [5.41, 5.74) is 1.30.